The fourth-order valence-electron chi connectivity index (χ4n) is 3.35. The Hall–Kier alpha value is -3.88. The average molecular weight is 497 g/mol. The normalized spacial score (nSPS) is 12.3. The lowest BCUT2D eigenvalue weighted by Gasteiger charge is -2.28. The molecule has 0 aliphatic carbocycles. The van der Waals surface area contributed by atoms with E-state index in [-0.39, 0.29) is 12.3 Å². The number of amides is 3. The number of para-hydroxylation sites is 2. The molecule has 0 heterocycles. The van der Waals surface area contributed by atoms with E-state index in [1.54, 1.807) is 52.0 Å². The molecule has 0 spiro atoms. The lowest BCUT2D eigenvalue weighted by Crippen LogP contribution is -2.48. The van der Waals surface area contributed by atoms with Crippen molar-refractivity contribution >= 4 is 35.2 Å². The third kappa shape index (κ3) is 8.41. The largest absolute Gasteiger partial charge is 0.461 e. The van der Waals surface area contributed by atoms with Gasteiger partial charge in [0, 0.05) is 7.05 Å². The Bertz CT molecular complexity index is 996. The van der Waals surface area contributed by atoms with Crippen LogP contribution in [0.2, 0.25) is 0 Å². The van der Waals surface area contributed by atoms with Gasteiger partial charge in [0.1, 0.15) is 5.60 Å². The van der Waals surface area contributed by atoms with Crippen LogP contribution in [0.5, 0.6) is 0 Å². The zero-order valence-electron chi connectivity index (χ0n) is 21.9. The second-order valence-electron chi connectivity index (χ2n) is 9.01. The van der Waals surface area contributed by atoms with Gasteiger partial charge in [0.05, 0.1) is 24.0 Å². The number of hydrogen-bond donors (Lipinski definition) is 1. The maximum atomic E-state index is 13.6. The van der Waals surface area contributed by atoms with Crippen LogP contribution in [-0.2, 0) is 14.3 Å². The van der Waals surface area contributed by atoms with Gasteiger partial charge in [-0.3, -0.25) is 4.90 Å². The summed E-state index contributed by atoms with van der Waals surface area (Å²) in [6, 6.07) is 16.9. The third-order valence-corrected chi connectivity index (χ3v) is 4.84. The lowest BCUT2D eigenvalue weighted by molar-refractivity contribution is -0.135. The van der Waals surface area contributed by atoms with Crippen LogP contribution < -0.4 is 10.2 Å². The molecule has 9 heteroatoms. The molecule has 36 heavy (non-hydrogen) atoms. The van der Waals surface area contributed by atoms with Crippen LogP contribution in [0, 0.1) is 0 Å². The molecule has 0 aromatic heterocycles. The molecule has 2 aromatic rings. The highest BCUT2D eigenvalue weighted by Gasteiger charge is 2.30. The van der Waals surface area contributed by atoms with Crippen molar-refractivity contribution in [1.29, 1.82) is 0 Å². The summed E-state index contributed by atoms with van der Waals surface area (Å²) >= 11 is 0. The van der Waals surface area contributed by atoms with Crippen molar-refractivity contribution < 1.29 is 23.9 Å². The Morgan fingerprint density at radius 3 is 1.92 bits per heavy atom. The van der Waals surface area contributed by atoms with Crippen LogP contribution >= 0.6 is 0 Å². The Balaban J connectivity index is 2.45. The van der Waals surface area contributed by atoms with Crippen LogP contribution in [0.1, 0.15) is 47.5 Å². The summed E-state index contributed by atoms with van der Waals surface area (Å²) < 4.78 is 10.6. The first kappa shape index (κ1) is 28.4. The predicted molar refractivity (Wildman–Crippen MR) is 140 cm³/mol. The van der Waals surface area contributed by atoms with Gasteiger partial charge >= 0.3 is 18.1 Å². The van der Waals surface area contributed by atoms with Crippen LogP contribution in [0.3, 0.4) is 0 Å². The number of benzene rings is 2. The zero-order chi connectivity index (χ0) is 26.7. The number of nitrogens with one attached hydrogen (secondary N) is 1. The standard InChI is InChI=1S/C27H36N4O5/c1-7-15-22(28-25(33)36-27(3,4)5)23(24(32)35-8-2)29-30(6)26(34)31(20-16-11-9-12-17-20)21-18-13-10-14-19-21/h9-14,16-19,22H,7-8,15H2,1-6H3,(H,28,33)/t22-/m0/s1. The minimum Gasteiger partial charge on any atom is -0.461 e. The maximum Gasteiger partial charge on any atom is 0.408 e. The summed E-state index contributed by atoms with van der Waals surface area (Å²) in [6.45, 7) is 8.93. The summed E-state index contributed by atoms with van der Waals surface area (Å²) in [5.74, 6) is -0.724. The number of urea groups is 1. The van der Waals surface area contributed by atoms with Gasteiger partial charge in [-0.15, -0.1) is 0 Å². The van der Waals surface area contributed by atoms with E-state index in [0.717, 1.165) is 5.01 Å². The van der Waals surface area contributed by atoms with Gasteiger partial charge in [0.15, 0.2) is 5.71 Å². The molecule has 0 bridgehead atoms. The molecule has 1 atom stereocenters. The topological polar surface area (TPSA) is 101 Å². The van der Waals surface area contributed by atoms with Gasteiger partial charge < -0.3 is 14.8 Å². The van der Waals surface area contributed by atoms with E-state index in [1.807, 2.05) is 43.3 Å². The molecule has 0 saturated carbocycles. The van der Waals surface area contributed by atoms with Gasteiger partial charge in [-0.2, -0.15) is 5.10 Å². The number of rotatable bonds is 9. The Labute approximate surface area is 213 Å². The molecule has 1 N–H and O–H groups in total. The molecule has 3 amide bonds. The van der Waals surface area contributed by atoms with E-state index in [2.05, 4.69) is 10.4 Å². The molecule has 0 aliphatic rings. The number of hydrazone groups is 1. The van der Waals surface area contributed by atoms with Crippen molar-refractivity contribution in [1.82, 2.24) is 10.3 Å². The molecule has 0 unspecified atom stereocenters. The summed E-state index contributed by atoms with van der Waals surface area (Å²) in [7, 11) is 1.46. The number of nitrogens with zero attached hydrogens (tertiary/aromatic N) is 3. The van der Waals surface area contributed by atoms with E-state index >= 15 is 0 Å². The number of alkyl carbamates (subject to hydrolysis) is 1. The van der Waals surface area contributed by atoms with E-state index in [1.165, 1.54) is 11.9 Å². The molecule has 2 rings (SSSR count). The first-order valence-corrected chi connectivity index (χ1v) is 12.0. The third-order valence-electron chi connectivity index (χ3n) is 4.84. The number of ether oxygens (including phenoxy) is 2. The summed E-state index contributed by atoms with van der Waals surface area (Å²) in [5.41, 5.74) is 0.443. The van der Waals surface area contributed by atoms with Crippen LogP contribution in [0.25, 0.3) is 0 Å². The average Bonchev–Trinajstić information content (AvgIpc) is 2.82. The smallest absolute Gasteiger partial charge is 0.408 e. The fourth-order valence-corrected chi connectivity index (χ4v) is 3.35. The molecule has 0 fully saturated rings. The molecule has 0 radical (unpaired) electrons. The zero-order valence-corrected chi connectivity index (χ0v) is 21.9. The van der Waals surface area contributed by atoms with Crippen molar-refractivity contribution in [2.45, 2.75) is 59.1 Å². The Kier molecular flexibility index (Phi) is 10.5. The van der Waals surface area contributed by atoms with Gasteiger partial charge in [-0.05, 0) is 58.4 Å². The molecular weight excluding hydrogens is 460 g/mol. The second-order valence-corrected chi connectivity index (χ2v) is 9.01. The van der Waals surface area contributed by atoms with Crippen LogP contribution in [0.15, 0.2) is 65.8 Å². The molecular formula is C27H36N4O5. The van der Waals surface area contributed by atoms with E-state index < -0.39 is 29.7 Å². The van der Waals surface area contributed by atoms with E-state index in [0.29, 0.717) is 24.2 Å². The highest BCUT2D eigenvalue weighted by atomic mass is 16.6. The minimum atomic E-state index is -0.818. The van der Waals surface area contributed by atoms with Crippen molar-refractivity contribution in [3.05, 3.63) is 60.7 Å². The summed E-state index contributed by atoms with van der Waals surface area (Å²) in [4.78, 5) is 40.5. The van der Waals surface area contributed by atoms with Crippen LogP contribution in [0.4, 0.5) is 21.0 Å². The molecule has 9 nitrogen and oxygen atoms in total. The monoisotopic (exact) mass is 496 g/mol. The SMILES string of the molecule is CCC[C@H](NC(=O)OC(C)(C)C)C(=NN(C)C(=O)N(c1ccccc1)c1ccccc1)C(=O)OCC. The first-order valence-electron chi connectivity index (χ1n) is 12.0. The van der Waals surface area contributed by atoms with E-state index in [9.17, 15) is 14.4 Å². The van der Waals surface area contributed by atoms with Crippen molar-refractivity contribution in [2.75, 3.05) is 18.6 Å². The maximum absolute atomic E-state index is 13.6. The Morgan fingerprint density at radius 1 is 0.944 bits per heavy atom. The molecule has 0 saturated heterocycles. The lowest BCUT2D eigenvalue weighted by atomic mass is 10.1. The van der Waals surface area contributed by atoms with E-state index in [4.69, 9.17) is 9.47 Å². The summed E-state index contributed by atoms with van der Waals surface area (Å²) in [5, 5.41) is 8.13. The number of carbonyl (C=O) groups excluding carboxylic acids is 3. The highest BCUT2D eigenvalue weighted by Crippen LogP contribution is 2.26. The van der Waals surface area contributed by atoms with Gasteiger partial charge in [0.25, 0.3) is 0 Å². The molecule has 0 aliphatic heterocycles. The Morgan fingerprint density at radius 2 is 1.47 bits per heavy atom. The predicted octanol–water partition coefficient (Wildman–Crippen LogP) is 5.49. The number of hydrogen-bond acceptors (Lipinski definition) is 6. The second kappa shape index (κ2) is 13.3. The van der Waals surface area contributed by atoms with Gasteiger partial charge in [-0.1, -0.05) is 49.7 Å². The number of anilines is 2. The van der Waals surface area contributed by atoms with Crippen LogP contribution in [-0.4, -0.2) is 54.1 Å². The van der Waals surface area contributed by atoms with Crippen molar-refractivity contribution in [3.63, 3.8) is 0 Å². The first-order chi connectivity index (χ1) is 17.1. The van der Waals surface area contributed by atoms with Crippen molar-refractivity contribution in [2.24, 2.45) is 5.10 Å². The quantitative estimate of drug-likeness (QED) is 0.281. The van der Waals surface area contributed by atoms with Crippen molar-refractivity contribution in [3.8, 4) is 0 Å². The fraction of sp³-hybridized carbons (Fsp3) is 0.407. The number of esters is 1. The minimum absolute atomic E-state index is 0.0958. The molecule has 2 aromatic carbocycles. The van der Waals surface area contributed by atoms with Gasteiger partial charge in [0.2, 0.25) is 0 Å². The number of carbonyl (C=O) groups is 3. The molecule has 194 valence electrons. The highest BCUT2D eigenvalue weighted by molar-refractivity contribution is 6.39. The summed E-state index contributed by atoms with van der Waals surface area (Å²) in [6.07, 6.45) is 0.332. The van der Waals surface area contributed by atoms with Gasteiger partial charge in [-0.25, -0.2) is 19.4 Å².